The molecule has 0 unspecified atom stereocenters. The molecule has 0 N–H and O–H groups in total. The van der Waals surface area contributed by atoms with E-state index in [9.17, 15) is 57.1 Å². The van der Waals surface area contributed by atoms with Gasteiger partial charge in [0.2, 0.25) is 9.76 Å². The van der Waals surface area contributed by atoms with Crippen LogP contribution in [-0.2, 0) is 4.43 Å². The second-order valence-corrected chi connectivity index (χ2v) is 5.69. The van der Waals surface area contributed by atoms with Crippen molar-refractivity contribution in [3.05, 3.63) is 0 Å². The predicted octanol–water partition coefficient (Wildman–Crippen LogP) is 3.41. The lowest BCUT2D eigenvalue weighted by Gasteiger charge is -2.39. The van der Waals surface area contributed by atoms with E-state index in [1.54, 1.807) is 0 Å². The number of rotatable bonds is 6. The van der Waals surface area contributed by atoms with Crippen molar-refractivity contribution in [2.45, 2.75) is 35.4 Å². The van der Waals surface area contributed by atoms with Crippen molar-refractivity contribution in [1.82, 2.24) is 0 Å². The van der Waals surface area contributed by atoms with E-state index in [1.807, 2.05) is 0 Å². The summed E-state index contributed by atoms with van der Waals surface area (Å²) < 4.78 is 165. The topological polar surface area (TPSA) is 9.23 Å². The third-order valence-corrected chi connectivity index (χ3v) is 3.42. The molecule has 0 bridgehead atoms. The summed E-state index contributed by atoms with van der Waals surface area (Å²) in [6.45, 7) is 0. The highest BCUT2D eigenvalue weighted by molar-refractivity contribution is 6.31. The molecule has 22 heavy (non-hydrogen) atoms. The molecule has 1 nitrogen and oxygen atoms in total. The minimum absolute atomic E-state index is 0.302. The zero-order chi connectivity index (χ0) is 18.4. The third kappa shape index (κ3) is 2.76. The number of halogens is 13. The van der Waals surface area contributed by atoms with Crippen LogP contribution in [0.1, 0.15) is 0 Å². The SMILES string of the molecule is CO[SiH2]C(F)(F)C(F)(F)C(F)(F)C(F)(F)C(F)(F)C(F)(F)F. The van der Waals surface area contributed by atoms with E-state index in [-0.39, 0.29) is 0 Å². The van der Waals surface area contributed by atoms with Crippen LogP contribution in [0.25, 0.3) is 0 Å². The van der Waals surface area contributed by atoms with Crippen LogP contribution in [-0.4, -0.2) is 52.3 Å². The zero-order valence-corrected chi connectivity index (χ0v) is 11.4. The quantitative estimate of drug-likeness (QED) is 0.507. The van der Waals surface area contributed by atoms with Gasteiger partial charge in [-0.2, -0.15) is 48.3 Å². The van der Waals surface area contributed by atoms with Crippen LogP contribution in [0.4, 0.5) is 57.1 Å². The van der Waals surface area contributed by atoms with E-state index in [4.69, 9.17) is 0 Å². The minimum atomic E-state index is -7.84. The summed E-state index contributed by atoms with van der Waals surface area (Å²) in [6, 6.07) is 0. The summed E-state index contributed by atoms with van der Waals surface area (Å²) >= 11 is 0. The summed E-state index contributed by atoms with van der Waals surface area (Å²) in [5.41, 5.74) is -6.02. The van der Waals surface area contributed by atoms with Crippen LogP contribution in [0, 0.1) is 0 Å². The van der Waals surface area contributed by atoms with Gasteiger partial charge < -0.3 is 4.43 Å². The summed E-state index contributed by atoms with van der Waals surface area (Å²) in [5, 5.41) is 0. The van der Waals surface area contributed by atoms with Crippen LogP contribution >= 0.6 is 0 Å². The van der Waals surface area contributed by atoms with Gasteiger partial charge in [0.25, 0.3) is 0 Å². The Morgan fingerprint density at radius 1 is 0.545 bits per heavy atom. The number of hydrogen-bond acceptors (Lipinski definition) is 1. The maximum atomic E-state index is 12.9. The smallest absolute Gasteiger partial charge is 0.420 e. The Morgan fingerprint density at radius 3 is 1.14 bits per heavy atom. The van der Waals surface area contributed by atoms with Crippen LogP contribution < -0.4 is 0 Å². The monoisotopic (exact) mass is 380 g/mol. The fourth-order valence-corrected chi connectivity index (χ4v) is 1.84. The zero-order valence-electron chi connectivity index (χ0n) is 10.0. The molecule has 134 valence electrons. The van der Waals surface area contributed by atoms with E-state index in [1.165, 1.54) is 0 Å². The van der Waals surface area contributed by atoms with Crippen molar-refractivity contribution in [3.63, 3.8) is 0 Å². The Kier molecular flexibility index (Phi) is 5.24. The maximum absolute atomic E-state index is 12.9. The first-order chi connectivity index (χ1) is 9.31. The Bertz CT molecular complexity index is 400. The van der Waals surface area contributed by atoms with Gasteiger partial charge >= 0.3 is 35.4 Å². The van der Waals surface area contributed by atoms with Crippen molar-refractivity contribution in [2.24, 2.45) is 0 Å². The number of hydrogen-bond donors (Lipinski definition) is 0. The fraction of sp³-hybridized carbons (Fsp3) is 1.00. The lowest BCUT2D eigenvalue weighted by molar-refractivity contribution is -0.434. The highest BCUT2D eigenvalue weighted by atomic mass is 28.2. The first-order valence-corrected chi connectivity index (χ1v) is 6.04. The Morgan fingerprint density at radius 2 is 0.864 bits per heavy atom. The van der Waals surface area contributed by atoms with Crippen molar-refractivity contribution >= 4 is 9.76 Å². The molecule has 0 aromatic carbocycles. The molecular weight excluding hydrogens is 375 g/mol. The molecule has 0 aliphatic heterocycles. The maximum Gasteiger partial charge on any atom is 0.460 e. The lowest BCUT2D eigenvalue weighted by atomic mass is 9.98. The first-order valence-electron chi connectivity index (χ1n) is 4.76. The Labute approximate surface area is 115 Å². The molecule has 0 atom stereocenters. The van der Waals surface area contributed by atoms with Crippen LogP contribution in [0.2, 0.25) is 0 Å². The molecule has 0 saturated carbocycles. The first kappa shape index (κ1) is 21.3. The molecule has 0 radical (unpaired) electrons. The largest absolute Gasteiger partial charge is 0.460 e. The van der Waals surface area contributed by atoms with Gasteiger partial charge in [0.15, 0.2) is 0 Å². The van der Waals surface area contributed by atoms with Gasteiger partial charge in [-0.3, -0.25) is 0 Å². The molecule has 0 aromatic heterocycles. The molecule has 0 spiro atoms. The van der Waals surface area contributed by atoms with E-state index in [2.05, 4.69) is 4.43 Å². The van der Waals surface area contributed by atoms with E-state index < -0.39 is 45.2 Å². The number of alkyl halides is 13. The highest BCUT2D eigenvalue weighted by Gasteiger charge is 2.90. The summed E-state index contributed by atoms with van der Waals surface area (Å²) in [5.74, 6) is -30.4. The summed E-state index contributed by atoms with van der Waals surface area (Å²) in [4.78, 5) is 0. The standard InChI is InChI=1S/C7H5F13OSi/c1-21-22-7(19,20)5(14,15)3(10,11)2(8,9)4(12,13)6(16,17)18/h22H2,1H3. The normalized spacial score (nSPS) is 16.6. The van der Waals surface area contributed by atoms with Crippen molar-refractivity contribution in [1.29, 1.82) is 0 Å². The van der Waals surface area contributed by atoms with Gasteiger partial charge in [-0.25, -0.2) is 8.78 Å². The molecule has 15 heteroatoms. The van der Waals surface area contributed by atoms with E-state index in [0.717, 1.165) is 0 Å². The molecule has 0 saturated heterocycles. The molecular formula is C7H5F13OSi. The molecule has 0 amide bonds. The van der Waals surface area contributed by atoms with Gasteiger partial charge in [-0.1, -0.05) is 0 Å². The highest BCUT2D eigenvalue weighted by Crippen LogP contribution is 2.59. The Hall–Kier alpha value is -0.733. The summed E-state index contributed by atoms with van der Waals surface area (Å²) in [7, 11) is -3.69. The van der Waals surface area contributed by atoms with Gasteiger partial charge in [0.05, 0.1) is 0 Å². The van der Waals surface area contributed by atoms with Gasteiger partial charge in [-0.05, 0) is 0 Å². The van der Waals surface area contributed by atoms with E-state index >= 15 is 0 Å². The second kappa shape index (κ2) is 5.42. The average molecular weight is 380 g/mol. The van der Waals surface area contributed by atoms with Crippen LogP contribution in [0.3, 0.4) is 0 Å². The molecule has 0 aliphatic carbocycles. The molecule has 0 rings (SSSR count). The molecule has 0 aliphatic rings. The van der Waals surface area contributed by atoms with Crippen molar-refractivity contribution in [3.8, 4) is 0 Å². The second-order valence-electron chi connectivity index (χ2n) is 3.93. The Balaban J connectivity index is 6.11. The summed E-state index contributed by atoms with van der Waals surface area (Å²) in [6.07, 6.45) is -7.38. The molecule has 0 heterocycles. The predicted molar refractivity (Wildman–Crippen MR) is 46.3 cm³/mol. The van der Waals surface area contributed by atoms with Crippen LogP contribution in [0.5, 0.6) is 0 Å². The fourth-order valence-electron chi connectivity index (χ4n) is 1.07. The minimum Gasteiger partial charge on any atom is -0.420 e. The molecule has 0 aromatic rings. The molecule has 0 fully saturated rings. The van der Waals surface area contributed by atoms with Crippen molar-refractivity contribution in [2.75, 3.05) is 7.11 Å². The van der Waals surface area contributed by atoms with Gasteiger partial charge in [-0.15, -0.1) is 0 Å². The average Bonchev–Trinajstić information content (AvgIpc) is 2.26. The van der Waals surface area contributed by atoms with Gasteiger partial charge in [0.1, 0.15) is 0 Å². The third-order valence-electron chi connectivity index (χ3n) is 2.32. The van der Waals surface area contributed by atoms with Crippen molar-refractivity contribution < 1.29 is 61.5 Å². The van der Waals surface area contributed by atoms with Crippen LogP contribution in [0.15, 0.2) is 0 Å². The van der Waals surface area contributed by atoms with Gasteiger partial charge in [0, 0.05) is 7.11 Å². The lowest BCUT2D eigenvalue weighted by Crippen LogP contribution is -2.71. The van der Waals surface area contributed by atoms with E-state index in [0.29, 0.717) is 7.11 Å².